The minimum atomic E-state index is -0.410. The van der Waals surface area contributed by atoms with Crippen LogP contribution in [0, 0.1) is 0 Å². The van der Waals surface area contributed by atoms with Crippen molar-refractivity contribution in [1.29, 1.82) is 0 Å². The molecule has 0 N–H and O–H groups in total. The molecule has 0 aliphatic carbocycles. The number of halogens is 2. The van der Waals surface area contributed by atoms with Crippen LogP contribution in [0.4, 0.5) is 0 Å². The molecule has 0 aliphatic rings. The van der Waals surface area contributed by atoms with E-state index in [1.54, 1.807) is 47.4 Å². The lowest BCUT2D eigenvalue weighted by molar-refractivity contribution is 0.549. The first kappa shape index (κ1) is 18.5. The number of benzene rings is 2. The minimum Gasteiger partial charge on any atom is -0.337 e. The number of hydrogen-bond acceptors (Lipinski definition) is 3. The number of para-hydroxylation sites is 1. The molecule has 8 heteroatoms. The molecule has 0 fully saturated rings. The molecule has 6 nitrogen and oxygen atoms in total. The van der Waals surface area contributed by atoms with E-state index in [1.165, 1.54) is 6.07 Å². The lowest BCUT2D eigenvalue weighted by atomic mass is 10.2. The van der Waals surface area contributed by atoms with E-state index in [4.69, 9.17) is 23.2 Å². The van der Waals surface area contributed by atoms with Gasteiger partial charge in [-0.2, -0.15) is 0 Å². The fraction of sp³-hybridized carbons (Fsp3) is 0.150. The zero-order valence-electron chi connectivity index (χ0n) is 14.8. The van der Waals surface area contributed by atoms with Gasteiger partial charge in [0.05, 0.1) is 33.0 Å². The van der Waals surface area contributed by atoms with Crippen LogP contribution in [-0.2, 0) is 13.1 Å². The molecule has 0 saturated carbocycles. The van der Waals surface area contributed by atoms with Gasteiger partial charge in [0.1, 0.15) is 0 Å². The van der Waals surface area contributed by atoms with Crippen molar-refractivity contribution < 1.29 is 0 Å². The zero-order chi connectivity index (χ0) is 19.7. The first-order chi connectivity index (χ1) is 13.6. The van der Waals surface area contributed by atoms with Crippen LogP contribution in [0.15, 0.2) is 70.8 Å². The molecule has 0 spiro atoms. The number of rotatable bonds is 5. The molecule has 2 heterocycles. The monoisotopic (exact) mass is 414 g/mol. The van der Waals surface area contributed by atoms with Crippen molar-refractivity contribution in [3.63, 3.8) is 0 Å². The Bertz CT molecular complexity index is 1260. The molecule has 2 aromatic carbocycles. The third-order valence-corrected chi connectivity index (χ3v) is 5.31. The molecular weight excluding hydrogens is 399 g/mol. The molecule has 142 valence electrons. The number of aromatic nitrogens is 4. The van der Waals surface area contributed by atoms with Crippen LogP contribution in [0.3, 0.4) is 0 Å². The summed E-state index contributed by atoms with van der Waals surface area (Å²) in [5.41, 5.74) is 0.204. The summed E-state index contributed by atoms with van der Waals surface area (Å²) in [5, 5.41) is 1.11. The Labute approximate surface area is 170 Å². The molecule has 2 aromatic heterocycles. The Morgan fingerprint density at radius 2 is 1.79 bits per heavy atom. The predicted molar refractivity (Wildman–Crippen MR) is 111 cm³/mol. The molecule has 0 unspecified atom stereocenters. The van der Waals surface area contributed by atoms with Crippen LogP contribution in [0.25, 0.3) is 16.6 Å². The smallest absolute Gasteiger partial charge is 0.336 e. The maximum absolute atomic E-state index is 13.2. The van der Waals surface area contributed by atoms with Crippen LogP contribution >= 0.6 is 23.2 Å². The number of aryl methyl sites for hydroxylation is 2. The second-order valence-electron chi connectivity index (χ2n) is 6.34. The predicted octanol–water partition coefficient (Wildman–Crippen LogP) is 3.75. The van der Waals surface area contributed by atoms with E-state index in [-0.39, 0.29) is 10.6 Å². The van der Waals surface area contributed by atoms with E-state index < -0.39 is 5.69 Å². The van der Waals surface area contributed by atoms with Crippen molar-refractivity contribution in [3.05, 3.63) is 92.1 Å². The topological polar surface area (TPSA) is 61.8 Å². The first-order valence-electron chi connectivity index (χ1n) is 8.72. The SMILES string of the molecule is O=c1c2ccccc2n(CCCn2ccnc2)c(=O)n1-c1ccc(Cl)c(Cl)c1. The summed E-state index contributed by atoms with van der Waals surface area (Å²) in [5.74, 6) is 0. The van der Waals surface area contributed by atoms with Crippen LogP contribution in [-0.4, -0.2) is 18.7 Å². The molecular formula is C20H16Cl2N4O2. The molecule has 0 bridgehead atoms. The van der Waals surface area contributed by atoms with Gasteiger partial charge < -0.3 is 4.57 Å². The van der Waals surface area contributed by atoms with Crippen LogP contribution in [0.1, 0.15) is 6.42 Å². The third-order valence-electron chi connectivity index (χ3n) is 4.57. The highest BCUT2D eigenvalue weighted by molar-refractivity contribution is 6.42. The van der Waals surface area contributed by atoms with E-state index in [0.29, 0.717) is 41.1 Å². The second kappa shape index (κ2) is 7.66. The van der Waals surface area contributed by atoms with Crippen molar-refractivity contribution in [2.24, 2.45) is 0 Å². The Morgan fingerprint density at radius 3 is 2.54 bits per heavy atom. The zero-order valence-corrected chi connectivity index (χ0v) is 16.3. The quantitative estimate of drug-likeness (QED) is 0.499. The molecule has 28 heavy (non-hydrogen) atoms. The third kappa shape index (κ3) is 3.37. The fourth-order valence-electron chi connectivity index (χ4n) is 3.22. The summed E-state index contributed by atoms with van der Waals surface area (Å²) >= 11 is 12.1. The van der Waals surface area contributed by atoms with Crippen LogP contribution in [0.5, 0.6) is 0 Å². The second-order valence-corrected chi connectivity index (χ2v) is 7.16. The number of nitrogens with zero attached hydrogens (tertiary/aromatic N) is 4. The van der Waals surface area contributed by atoms with Gasteiger partial charge in [-0.15, -0.1) is 0 Å². The highest BCUT2D eigenvalue weighted by atomic mass is 35.5. The standard InChI is InChI=1S/C20H16Cl2N4O2/c21-16-7-6-14(12-17(16)22)26-19(27)15-4-1-2-5-18(15)25(20(26)28)10-3-9-24-11-8-23-13-24/h1-2,4-8,11-13H,3,9-10H2. The van der Waals surface area contributed by atoms with Gasteiger partial charge in [-0.3, -0.25) is 9.36 Å². The average Bonchev–Trinajstić information content (AvgIpc) is 3.21. The maximum atomic E-state index is 13.2. The van der Waals surface area contributed by atoms with Gasteiger partial charge in [0.2, 0.25) is 0 Å². The molecule has 4 rings (SSSR count). The fourth-order valence-corrected chi connectivity index (χ4v) is 3.51. The highest BCUT2D eigenvalue weighted by Gasteiger charge is 2.15. The van der Waals surface area contributed by atoms with Gasteiger partial charge in [0.25, 0.3) is 5.56 Å². The summed E-state index contributed by atoms with van der Waals surface area (Å²) in [6, 6.07) is 11.8. The summed E-state index contributed by atoms with van der Waals surface area (Å²) in [6.07, 6.45) is 6.03. The first-order valence-corrected chi connectivity index (χ1v) is 9.47. The summed E-state index contributed by atoms with van der Waals surface area (Å²) < 4.78 is 4.71. The van der Waals surface area contributed by atoms with Crippen LogP contribution in [0.2, 0.25) is 10.0 Å². The number of hydrogen-bond donors (Lipinski definition) is 0. The number of fused-ring (bicyclic) bond motifs is 1. The van der Waals surface area contributed by atoms with Crippen molar-refractivity contribution in [1.82, 2.24) is 18.7 Å². The van der Waals surface area contributed by atoms with Gasteiger partial charge >= 0.3 is 5.69 Å². The minimum absolute atomic E-state index is 0.283. The molecule has 0 amide bonds. The van der Waals surface area contributed by atoms with Crippen molar-refractivity contribution >= 4 is 34.1 Å². The van der Waals surface area contributed by atoms with Crippen molar-refractivity contribution in [2.45, 2.75) is 19.5 Å². The summed E-state index contributed by atoms with van der Waals surface area (Å²) in [4.78, 5) is 30.3. The average molecular weight is 415 g/mol. The lowest BCUT2D eigenvalue weighted by Gasteiger charge is -2.14. The van der Waals surface area contributed by atoms with Gasteiger partial charge in [-0.05, 0) is 36.8 Å². The van der Waals surface area contributed by atoms with Crippen molar-refractivity contribution in [2.75, 3.05) is 0 Å². The molecule has 0 atom stereocenters. The Hall–Kier alpha value is -2.83. The molecule has 0 saturated heterocycles. The molecule has 4 aromatic rings. The molecule has 0 radical (unpaired) electrons. The van der Waals surface area contributed by atoms with E-state index in [0.717, 1.165) is 4.57 Å². The van der Waals surface area contributed by atoms with Gasteiger partial charge in [0, 0.05) is 25.5 Å². The Morgan fingerprint density at radius 1 is 0.964 bits per heavy atom. The maximum Gasteiger partial charge on any atom is 0.336 e. The Kier molecular flexibility index (Phi) is 5.07. The van der Waals surface area contributed by atoms with Crippen molar-refractivity contribution in [3.8, 4) is 5.69 Å². The van der Waals surface area contributed by atoms with E-state index in [9.17, 15) is 9.59 Å². The number of imidazole rings is 1. The van der Waals surface area contributed by atoms with Gasteiger partial charge in [0.15, 0.2) is 0 Å². The normalized spacial score (nSPS) is 11.2. The van der Waals surface area contributed by atoms with E-state index >= 15 is 0 Å². The largest absolute Gasteiger partial charge is 0.337 e. The van der Waals surface area contributed by atoms with E-state index in [2.05, 4.69) is 4.98 Å². The van der Waals surface area contributed by atoms with E-state index in [1.807, 2.05) is 16.8 Å². The lowest BCUT2D eigenvalue weighted by Crippen LogP contribution is -2.39. The molecule has 0 aliphatic heterocycles. The summed E-state index contributed by atoms with van der Waals surface area (Å²) in [6.45, 7) is 1.17. The van der Waals surface area contributed by atoms with Gasteiger partial charge in [-0.1, -0.05) is 35.3 Å². The van der Waals surface area contributed by atoms with Gasteiger partial charge in [-0.25, -0.2) is 14.3 Å². The highest BCUT2D eigenvalue weighted by Crippen LogP contribution is 2.23. The summed E-state index contributed by atoms with van der Waals surface area (Å²) in [7, 11) is 0. The Balaban J connectivity index is 1.85. The van der Waals surface area contributed by atoms with Crippen LogP contribution < -0.4 is 11.2 Å².